The number of hydrogen-bond donors (Lipinski definition) is 1. The molecule has 0 aliphatic heterocycles. The molecular formula is C15H13BrFNO2. The maximum Gasteiger partial charge on any atom is 0.256 e. The lowest BCUT2D eigenvalue weighted by molar-refractivity contribution is 0.0779. The van der Waals surface area contributed by atoms with Crippen LogP contribution in [-0.2, 0) is 6.54 Å². The zero-order valence-electron chi connectivity index (χ0n) is 10.8. The molecule has 1 N–H and O–H groups in total. The zero-order chi connectivity index (χ0) is 14.7. The SMILES string of the molecule is CN(Cc1ccccc1O)C(=O)c1cccc(Br)c1F. The number of nitrogens with zero attached hydrogens (tertiary/aromatic N) is 1. The number of hydrogen-bond acceptors (Lipinski definition) is 2. The van der Waals surface area contributed by atoms with Crippen molar-refractivity contribution in [1.82, 2.24) is 4.90 Å². The molecule has 0 heterocycles. The Labute approximate surface area is 124 Å². The van der Waals surface area contributed by atoms with Gasteiger partial charge in [0.15, 0.2) is 0 Å². The Kier molecular flexibility index (Phi) is 4.39. The minimum atomic E-state index is -0.582. The lowest BCUT2D eigenvalue weighted by atomic mass is 10.1. The molecule has 20 heavy (non-hydrogen) atoms. The molecule has 0 bridgehead atoms. The summed E-state index contributed by atoms with van der Waals surface area (Å²) >= 11 is 3.06. The van der Waals surface area contributed by atoms with Crippen LogP contribution in [0.4, 0.5) is 4.39 Å². The van der Waals surface area contributed by atoms with Crippen molar-refractivity contribution >= 4 is 21.8 Å². The Bertz CT molecular complexity index is 646. The summed E-state index contributed by atoms with van der Waals surface area (Å²) in [5, 5.41) is 9.69. The summed E-state index contributed by atoms with van der Waals surface area (Å²) in [5.41, 5.74) is 0.607. The molecule has 0 unspecified atom stereocenters. The molecule has 2 aromatic rings. The Morgan fingerprint density at radius 2 is 1.95 bits per heavy atom. The monoisotopic (exact) mass is 337 g/mol. The van der Waals surface area contributed by atoms with Gasteiger partial charge in [-0.15, -0.1) is 0 Å². The number of halogens is 2. The van der Waals surface area contributed by atoms with Crippen LogP contribution < -0.4 is 0 Å². The Morgan fingerprint density at radius 3 is 2.65 bits per heavy atom. The van der Waals surface area contributed by atoms with E-state index in [1.54, 1.807) is 37.4 Å². The molecule has 0 atom stereocenters. The van der Waals surface area contributed by atoms with Gasteiger partial charge >= 0.3 is 0 Å². The van der Waals surface area contributed by atoms with Gasteiger partial charge in [0.1, 0.15) is 11.6 Å². The summed E-state index contributed by atoms with van der Waals surface area (Å²) in [7, 11) is 1.56. The molecule has 1 amide bonds. The van der Waals surface area contributed by atoms with Gasteiger partial charge in [-0.05, 0) is 34.1 Å². The van der Waals surface area contributed by atoms with Crippen molar-refractivity contribution in [3.63, 3.8) is 0 Å². The summed E-state index contributed by atoms with van der Waals surface area (Å²) in [5.74, 6) is -0.907. The highest BCUT2D eigenvalue weighted by Crippen LogP contribution is 2.22. The fourth-order valence-corrected chi connectivity index (χ4v) is 2.21. The van der Waals surface area contributed by atoms with Crippen LogP contribution in [0.3, 0.4) is 0 Å². The van der Waals surface area contributed by atoms with E-state index in [0.717, 1.165) is 0 Å². The van der Waals surface area contributed by atoms with E-state index in [4.69, 9.17) is 0 Å². The van der Waals surface area contributed by atoms with Crippen LogP contribution in [0.25, 0.3) is 0 Å². The Morgan fingerprint density at radius 1 is 1.25 bits per heavy atom. The first kappa shape index (κ1) is 14.5. The second kappa shape index (κ2) is 6.05. The molecule has 0 aromatic heterocycles. The molecule has 2 aromatic carbocycles. The fraction of sp³-hybridized carbons (Fsp3) is 0.133. The van der Waals surface area contributed by atoms with Gasteiger partial charge in [0, 0.05) is 19.2 Å². The van der Waals surface area contributed by atoms with E-state index in [-0.39, 0.29) is 22.3 Å². The number of aromatic hydroxyl groups is 1. The van der Waals surface area contributed by atoms with Crippen molar-refractivity contribution in [3.05, 3.63) is 63.9 Å². The van der Waals surface area contributed by atoms with Gasteiger partial charge < -0.3 is 10.0 Å². The Hall–Kier alpha value is -1.88. The molecule has 0 spiro atoms. The molecule has 0 saturated heterocycles. The number of phenols is 1. The highest BCUT2D eigenvalue weighted by Gasteiger charge is 2.18. The van der Waals surface area contributed by atoms with Crippen molar-refractivity contribution < 1.29 is 14.3 Å². The number of amides is 1. The third-order valence-corrected chi connectivity index (χ3v) is 3.54. The molecule has 5 heteroatoms. The topological polar surface area (TPSA) is 40.5 Å². The van der Waals surface area contributed by atoms with E-state index in [1.165, 1.54) is 17.0 Å². The predicted octanol–water partition coefficient (Wildman–Crippen LogP) is 3.57. The van der Waals surface area contributed by atoms with E-state index < -0.39 is 11.7 Å². The van der Waals surface area contributed by atoms with Crippen molar-refractivity contribution in [2.45, 2.75) is 6.54 Å². The number of phenolic OH excluding ortho intramolecular Hbond substituents is 1. The maximum absolute atomic E-state index is 13.9. The van der Waals surface area contributed by atoms with Crippen molar-refractivity contribution in [2.24, 2.45) is 0 Å². The number of para-hydroxylation sites is 1. The van der Waals surface area contributed by atoms with Crippen LogP contribution in [0.1, 0.15) is 15.9 Å². The largest absolute Gasteiger partial charge is 0.508 e. The summed E-state index contributed by atoms with van der Waals surface area (Å²) in [6, 6.07) is 11.3. The number of carbonyl (C=O) groups excluding carboxylic acids is 1. The van der Waals surface area contributed by atoms with Crippen molar-refractivity contribution in [2.75, 3.05) is 7.05 Å². The first-order valence-corrected chi connectivity index (χ1v) is 6.76. The third-order valence-electron chi connectivity index (χ3n) is 2.93. The van der Waals surface area contributed by atoms with Gasteiger partial charge in [0.2, 0.25) is 0 Å². The molecule has 2 rings (SSSR count). The van der Waals surface area contributed by atoms with E-state index >= 15 is 0 Å². The number of rotatable bonds is 3. The highest BCUT2D eigenvalue weighted by molar-refractivity contribution is 9.10. The van der Waals surface area contributed by atoms with Gasteiger partial charge in [-0.2, -0.15) is 0 Å². The van der Waals surface area contributed by atoms with Crippen molar-refractivity contribution in [3.8, 4) is 5.75 Å². The average molecular weight is 338 g/mol. The first-order chi connectivity index (χ1) is 9.50. The molecule has 0 fully saturated rings. The molecule has 3 nitrogen and oxygen atoms in total. The van der Waals surface area contributed by atoms with E-state index in [9.17, 15) is 14.3 Å². The van der Waals surface area contributed by atoms with Crippen LogP contribution in [0.5, 0.6) is 5.75 Å². The maximum atomic E-state index is 13.9. The predicted molar refractivity (Wildman–Crippen MR) is 78.0 cm³/mol. The zero-order valence-corrected chi connectivity index (χ0v) is 12.4. The van der Waals surface area contributed by atoms with Gasteiger partial charge in [-0.1, -0.05) is 24.3 Å². The van der Waals surface area contributed by atoms with Gasteiger partial charge in [-0.3, -0.25) is 4.79 Å². The Balaban J connectivity index is 2.21. The highest BCUT2D eigenvalue weighted by atomic mass is 79.9. The summed E-state index contributed by atoms with van der Waals surface area (Å²) in [4.78, 5) is 13.6. The van der Waals surface area contributed by atoms with Crippen LogP contribution in [0.2, 0.25) is 0 Å². The molecule has 0 radical (unpaired) electrons. The number of carbonyl (C=O) groups is 1. The molecule has 104 valence electrons. The lowest BCUT2D eigenvalue weighted by Gasteiger charge is -2.18. The van der Waals surface area contributed by atoms with Crippen LogP contribution >= 0.6 is 15.9 Å². The van der Waals surface area contributed by atoms with E-state index in [1.807, 2.05) is 0 Å². The quantitative estimate of drug-likeness (QED) is 0.930. The second-order valence-corrected chi connectivity index (χ2v) is 5.25. The van der Waals surface area contributed by atoms with Crippen LogP contribution in [-0.4, -0.2) is 23.0 Å². The minimum Gasteiger partial charge on any atom is -0.508 e. The van der Waals surface area contributed by atoms with Crippen molar-refractivity contribution in [1.29, 1.82) is 0 Å². The van der Waals surface area contributed by atoms with Gasteiger partial charge in [0.05, 0.1) is 10.0 Å². The standard InChI is InChI=1S/C15H13BrFNO2/c1-18(9-10-5-2-3-8-13(10)19)15(20)11-6-4-7-12(16)14(11)17/h2-8,19H,9H2,1H3. The lowest BCUT2D eigenvalue weighted by Crippen LogP contribution is -2.27. The smallest absolute Gasteiger partial charge is 0.256 e. The first-order valence-electron chi connectivity index (χ1n) is 5.97. The molecular weight excluding hydrogens is 325 g/mol. The molecule has 0 saturated carbocycles. The normalized spacial score (nSPS) is 10.3. The average Bonchev–Trinajstić information content (AvgIpc) is 2.43. The second-order valence-electron chi connectivity index (χ2n) is 4.39. The van der Waals surface area contributed by atoms with E-state index in [2.05, 4.69) is 15.9 Å². The minimum absolute atomic E-state index is 0.00250. The molecule has 0 aliphatic rings. The third kappa shape index (κ3) is 2.99. The van der Waals surface area contributed by atoms with Crippen LogP contribution in [0, 0.1) is 5.82 Å². The fourth-order valence-electron chi connectivity index (χ4n) is 1.85. The summed E-state index contributed by atoms with van der Waals surface area (Å²) < 4.78 is 14.1. The summed E-state index contributed by atoms with van der Waals surface area (Å²) in [6.07, 6.45) is 0. The van der Waals surface area contributed by atoms with Crippen LogP contribution in [0.15, 0.2) is 46.9 Å². The van der Waals surface area contributed by atoms with E-state index in [0.29, 0.717) is 5.56 Å². The van der Waals surface area contributed by atoms with Gasteiger partial charge in [0.25, 0.3) is 5.91 Å². The summed E-state index contributed by atoms with van der Waals surface area (Å²) in [6.45, 7) is 0.206. The van der Waals surface area contributed by atoms with Gasteiger partial charge in [-0.25, -0.2) is 4.39 Å². The number of benzene rings is 2. The molecule has 0 aliphatic carbocycles.